The lowest BCUT2D eigenvalue weighted by atomic mass is 10.2. The highest BCUT2D eigenvalue weighted by Gasteiger charge is 2.17. The lowest BCUT2D eigenvalue weighted by Crippen LogP contribution is -2.40. The molecule has 0 aliphatic rings. The van der Waals surface area contributed by atoms with Gasteiger partial charge < -0.3 is 10.2 Å². The highest BCUT2D eigenvalue weighted by molar-refractivity contribution is 5.97. The van der Waals surface area contributed by atoms with Crippen LogP contribution in [0.2, 0.25) is 0 Å². The average molecular weight is 298 g/mol. The molecule has 21 heavy (non-hydrogen) atoms. The molecule has 0 aromatic heterocycles. The van der Waals surface area contributed by atoms with Crippen molar-refractivity contribution in [1.82, 2.24) is 5.32 Å². The molecule has 0 radical (unpaired) electrons. The van der Waals surface area contributed by atoms with Gasteiger partial charge in [-0.2, -0.15) is 0 Å². The molecule has 0 heterocycles. The monoisotopic (exact) mass is 298 g/mol. The molecule has 4 nitrogen and oxygen atoms in total. The number of nitrogens with one attached hydrogen (secondary N) is 1. The average Bonchev–Trinajstić information content (AvgIpc) is 2.44. The largest absolute Gasteiger partial charge is 0.355 e. The summed E-state index contributed by atoms with van der Waals surface area (Å²) in [5.74, 6) is -2.79. The Hall–Kier alpha value is -1.98. The second-order valence-corrected chi connectivity index (χ2v) is 4.76. The van der Waals surface area contributed by atoms with Crippen molar-refractivity contribution in [3.63, 3.8) is 0 Å². The van der Waals surface area contributed by atoms with Crippen LogP contribution < -0.4 is 10.2 Å². The molecular formula is C15H20F2N2O2. The highest BCUT2D eigenvalue weighted by atomic mass is 19.2. The van der Waals surface area contributed by atoms with Crippen LogP contribution in [0.1, 0.15) is 33.1 Å². The second-order valence-electron chi connectivity index (χ2n) is 4.76. The van der Waals surface area contributed by atoms with Crippen molar-refractivity contribution in [1.29, 1.82) is 0 Å². The first-order valence-electron chi connectivity index (χ1n) is 6.95. The van der Waals surface area contributed by atoms with E-state index in [1.54, 1.807) is 0 Å². The second kappa shape index (κ2) is 8.34. The molecule has 1 N–H and O–H groups in total. The van der Waals surface area contributed by atoms with Gasteiger partial charge in [-0.15, -0.1) is 0 Å². The van der Waals surface area contributed by atoms with Gasteiger partial charge in [0.1, 0.15) is 6.54 Å². The standard InChI is InChI=1S/C15H20F2N2O2/c1-3-4-5-8-18-15(21)10-19(11(2)20)12-6-7-13(16)14(17)9-12/h6-7,9H,3-5,8,10H2,1-2H3,(H,18,21). The normalized spacial score (nSPS) is 10.3. The van der Waals surface area contributed by atoms with Crippen molar-refractivity contribution in [2.45, 2.75) is 33.1 Å². The lowest BCUT2D eigenvalue weighted by Gasteiger charge is -2.20. The molecule has 6 heteroatoms. The van der Waals surface area contributed by atoms with Crippen LogP contribution in [-0.2, 0) is 9.59 Å². The van der Waals surface area contributed by atoms with Crippen molar-refractivity contribution in [2.24, 2.45) is 0 Å². The number of carbonyl (C=O) groups excluding carboxylic acids is 2. The predicted molar refractivity (Wildman–Crippen MR) is 76.9 cm³/mol. The zero-order valence-corrected chi connectivity index (χ0v) is 12.3. The maximum absolute atomic E-state index is 13.2. The Morgan fingerprint density at radius 2 is 1.90 bits per heavy atom. The highest BCUT2D eigenvalue weighted by Crippen LogP contribution is 2.18. The van der Waals surface area contributed by atoms with Crippen LogP contribution in [0.25, 0.3) is 0 Å². The van der Waals surface area contributed by atoms with E-state index in [1.807, 2.05) is 0 Å². The number of hydrogen-bond acceptors (Lipinski definition) is 2. The van der Waals surface area contributed by atoms with E-state index in [0.29, 0.717) is 6.54 Å². The summed E-state index contributed by atoms with van der Waals surface area (Å²) in [4.78, 5) is 24.5. The van der Waals surface area contributed by atoms with Crippen LogP contribution in [0, 0.1) is 11.6 Å². The number of anilines is 1. The Balaban J connectivity index is 2.67. The van der Waals surface area contributed by atoms with E-state index in [1.165, 1.54) is 13.0 Å². The van der Waals surface area contributed by atoms with Gasteiger partial charge in [-0.05, 0) is 18.6 Å². The van der Waals surface area contributed by atoms with Gasteiger partial charge in [0, 0.05) is 25.2 Å². The third kappa shape index (κ3) is 5.49. The van der Waals surface area contributed by atoms with E-state index in [4.69, 9.17) is 0 Å². The summed E-state index contributed by atoms with van der Waals surface area (Å²) >= 11 is 0. The van der Waals surface area contributed by atoms with Gasteiger partial charge in [0.15, 0.2) is 11.6 Å². The number of nitrogens with zero attached hydrogens (tertiary/aromatic N) is 1. The maximum atomic E-state index is 13.2. The quantitative estimate of drug-likeness (QED) is 0.787. The zero-order chi connectivity index (χ0) is 15.8. The Kier molecular flexibility index (Phi) is 6.78. The summed E-state index contributed by atoms with van der Waals surface area (Å²) in [6.07, 6.45) is 2.93. The van der Waals surface area contributed by atoms with Crippen molar-refractivity contribution in [3.8, 4) is 0 Å². The van der Waals surface area contributed by atoms with Crippen molar-refractivity contribution in [3.05, 3.63) is 29.8 Å². The molecule has 1 rings (SSSR count). The van der Waals surface area contributed by atoms with E-state index < -0.39 is 17.5 Å². The van der Waals surface area contributed by atoms with E-state index >= 15 is 0 Å². The van der Waals surface area contributed by atoms with Gasteiger partial charge in [-0.25, -0.2) is 8.78 Å². The van der Waals surface area contributed by atoms with Gasteiger partial charge in [0.05, 0.1) is 0 Å². The number of hydrogen-bond donors (Lipinski definition) is 1. The molecule has 0 unspecified atom stereocenters. The third-order valence-electron chi connectivity index (χ3n) is 3.00. The number of unbranched alkanes of at least 4 members (excludes halogenated alkanes) is 2. The summed E-state index contributed by atoms with van der Waals surface area (Å²) in [7, 11) is 0. The van der Waals surface area contributed by atoms with Crippen LogP contribution in [0.5, 0.6) is 0 Å². The van der Waals surface area contributed by atoms with Crippen LogP contribution in [0.15, 0.2) is 18.2 Å². The number of benzene rings is 1. The molecule has 0 saturated carbocycles. The number of rotatable bonds is 7. The third-order valence-corrected chi connectivity index (χ3v) is 3.00. The summed E-state index contributed by atoms with van der Waals surface area (Å²) in [6, 6.07) is 3.10. The van der Waals surface area contributed by atoms with Crippen molar-refractivity contribution in [2.75, 3.05) is 18.0 Å². The van der Waals surface area contributed by atoms with E-state index in [2.05, 4.69) is 12.2 Å². The van der Waals surface area contributed by atoms with Crippen LogP contribution in [0.4, 0.5) is 14.5 Å². The molecular weight excluding hydrogens is 278 g/mol. The van der Waals surface area contributed by atoms with E-state index in [0.717, 1.165) is 36.3 Å². The van der Waals surface area contributed by atoms with Crippen molar-refractivity contribution >= 4 is 17.5 Å². The van der Waals surface area contributed by atoms with Gasteiger partial charge >= 0.3 is 0 Å². The van der Waals surface area contributed by atoms with Crippen molar-refractivity contribution < 1.29 is 18.4 Å². The van der Waals surface area contributed by atoms with Crippen LogP contribution in [0.3, 0.4) is 0 Å². The first-order valence-corrected chi connectivity index (χ1v) is 6.95. The molecule has 1 aromatic carbocycles. The lowest BCUT2D eigenvalue weighted by molar-refractivity contribution is -0.123. The minimum absolute atomic E-state index is 0.158. The number of amides is 2. The van der Waals surface area contributed by atoms with E-state index in [-0.39, 0.29) is 18.1 Å². The van der Waals surface area contributed by atoms with Crippen LogP contribution >= 0.6 is 0 Å². The minimum Gasteiger partial charge on any atom is -0.355 e. The fraction of sp³-hybridized carbons (Fsp3) is 0.467. The number of halogens is 2. The zero-order valence-electron chi connectivity index (χ0n) is 12.3. The topological polar surface area (TPSA) is 49.4 Å². The Morgan fingerprint density at radius 3 is 2.48 bits per heavy atom. The SMILES string of the molecule is CCCCCNC(=O)CN(C(C)=O)c1ccc(F)c(F)c1. The smallest absolute Gasteiger partial charge is 0.240 e. The molecule has 0 bridgehead atoms. The summed E-state index contributed by atoms with van der Waals surface area (Å²) < 4.78 is 26.1. The van der Waals surface area contributed by atoms with Gasteiger partial charge in [0.2, 0.25) is 11.8 Å². The summed E-state index contributed by atoms with van der Waals surface area (Å²) in [6.45, 7) is 3.65. The molecule has 0 spiro atoms. The maximum Gasteiger partial charge on any atom is 0.240 e. The molecule has 0 atom stereocenters. The Bertz CT molecular complexity index is 506. The summed E-state index contributed by atoms with van der Waals surface area (Å²) in [5.41, 5.74) is 0.158. The molecule has 0 saturated heterocycles. The first kappa shape index (κ1) is 17.1. The fourth-order valence-corrected chi connectivity index (χ4v) is 1.84. The van der Waals surface area contributed by atoms with E-state index in [9.17, 15) is 18.4 Å². The minimum atomic E-state index is -1.05. The molecule has 0 aliphatic carbocycles. The Morgan fingerprint density at radius 1 is 1.19 bits per heavy atom. The predicted octanol–water partition coefficient (Wildman–Crippen LogP) is 2.62. The molecule has 0 aliphatic heterocycles. The Labute approximate surface area is 123 Å². The fourth-order valence-electron chi connectivity index (χ4n) is 1.84. The summed E-state index contributed by atoms with van der Waals surface area (Å²) in [5, 5.41) is 2.70. The van der Waals surface area contributed by atoms with Gasteiger partial charge in [-0.3, -0.25) is 9.59 Å². The number of carbonyl (C=O) groups is 2. The van der Waals surface area contributed by atoms with Gasteiger partial charge in [0.25, 0.3) is 0 Å². The molecule has 116 valence electrons. The first-order chi connectivity index (χ1) is 9.95. The molecule has 2 amide bonds. The molecule has 1 aromatic rings. The van der Waals surface area contributed by atoms with Crippen LogP contribution in [-0.4, -0.2) is 24.9 Å². The molecule has 0 fully saturated rings. The van der Waals surface area contributed by atoms with Gasteiger partial charge in [-0.1, -0.05) is 19.8 Å².